The number of carbonyl (C=O) groups excluding carboxylic acids is 2. The molecule has 0 saturated carbocycles. The average Bonchev–Trinajstić information content (AvgIpc) is 2.80. The molecule has 0 atom stereocenters. The van der Waals surface area contributed by atoms with Crippen LogP contribution in [0.25, 0.3) is 0 Å². The number of nitrogens with one attached hydrogen (secondary N) is 1. The van der Waals surface area contributed by atoms with Gasteiger partial charge in [0, 0.05) is 10.2 Å². The highest BCUT2D eigenvalue weighted by molar-refractivity contribution is 9.13. The summed E-state index contributed by atoms with van der Waals surface area (Å²) in [5.74, 6) is -0.891. The maximum atomic E-state index is 11.8. The molecule has 4 nitrogen and oxygen atoms in total. The van der Waals surface area contributed by atoms with Gasteiger partial charge in [-0.2, -0.15) is 0 Å². The fourth-order valence-electron chi connectivity index (χ4n) is 1.67. The van der Waals surface area contributed by atoms with Crippen LogP contribution < -0.4 is 5.32 Å². The second-order valence-electron chi connectivity index (χ2n) is 4.66. The van der Waals surface area contributed by atoms with Crippen LogP contribution in [0.1, 0.15) is 20.8 Å². The number of hydrogen-bond donors (Lipinski definition) is 1. The number of carbonyl (C=O) groups is 2. The molecule has 1 N–H and O–H groups in total. The van der Waals surface area contributed by atoms with Crippen molar-refractivity contribution in [1.29, 1.82) is 0 Å². The first-order valence-corrected chi connectivity index (χ1v) is 8.76. The van der Waals surface area contributed by atoms with E-state index in [4.69, 9.17) is 4.74 Å². The Hall–Kier alpha value is -1.18. The van der Waals surface area contributed by atoms with E-state index in [0.29, 0.717) is 10.6 Å². The highest BCUT2D eigenvalue weighted by atomic mass is 79.9. The number of thiophene rings is 1. The Balaban J connectivity index is 1.89. The molecule has 1 heterocycles. The molecular formula is C15H13Br2NO3S. The number of benzene rings is 1. The number of halogens is 2. The molecule has 7 heteroatoms. The summed E-state index contributed by atoms with van der Waals surface area (Å²) in [6, 6.07) is 7.27. The van der Waals surface area contributed by atoms with Crippen LogP contribution in [0.15, 0.2) is 32.5 Å². The number of anilines is 1. The van der Waals surface area contributed by atoms with Crippen LogP contribution in [0, 0.1) is 13.8 Å². The molecule has 0 unspecified atom stereocenters. The summed E-state index contributed by atoms with van der Waals surface area (Å²) in [6.45, 7) is 3.65. The minimum Gasteiger partial charge on any atom is -0.451 e. The third-order valence-electron chi connectivity index (χ3n) is 2.97. The van der Waals surface area contributed by atoms with Gasteiger partial charge in [0.05, 0.1) is 3.79 Å². The lowest BCUT2D eigenvalue weighted by molar-refractivity contribution is -0.119. The smallest absolute Gasteiger partial charge is 0.348 e. The lowest BCUT2D eigenvalue weighted by Gasteiger charge is -2.08. The van der Waals surface area contributed by atoms with Gasteiger partial charge < -0.3 is 10.1 Å². The zero-order valence-electron chi connectivity index (χ0n) is 11.9. The van der Waals surface area contributed by atoms with Gasteiger partial charge in [-0.25, -0.2) is 4.79 Å². The quantitative estimate of drug-likeness (QED) is 0.693. The topological polar surface area (TPSA) is 55.4 Å². The Morgan fingerprint density at radius 2 is 1.91 bits per heavy atom. The zero-order chi connectivity index (χ0) is 16.3. The third-order valence-corrected chi connectivity index (χ3v) is 6.21. The Kier molecular flexibility index (Phi) is 5.77. The first-order valence-electron chi connectivity index (χ1n) is 6.36. The van der Waals surface area contributed by atoms with Gasteiger partial charge >= 0.3 is 5.97 Å². The van der Waals surface area contributed by atoms with Gasteiger partial charge in [-0.15, -0.1) is 11.3 Å². The average molecular weight is 447 g/mol. The molecule has 0 saturated heterocycles. The maximum Gasteiger partial charge on any atom is 0.348 e. The highest BCUT2D eigenvalue weighted by Crippen LogP contribution is 2.32. The van der Waals surface area contributed by atoms with Crippen molar-refractivity contribution < 1.29 is 14.3 Å². The van der Waals surface area contributed by atoms with E-state index in [1.807, 2.05) is 32.0 Å². The third kappa shape index (κ3) is 4.41. The van der Waals surface area contributed by atoms with Gasteiger partial charge in [0.25, 0.3) is 5.91 Å². The molecule has 0 radical (unpaired) electrons. The molecule has 1 amide bonds. The summed E-state index contributed by atoms with van der Waals surface area (Å²) >= 11 is 7.85. The minimum atomic E-state index is -0.522. The van der Waals surface area contributed by atoms with E-state index in [1.54, 1.807) is 6.07 Å². The van der Waals surface area contributed by atoms with Crippen molar-refractivity contribution >= 4 is 60.8 Å². The number of hydrogen-bond acceptors (Lipinski definition) is 4. The van der Waals surface area contributed by atoms with Crippen LogP contribution in [-0.2, 0) is 9.53 Å². The van der Waals surface area contributed by atoms with Gasteiger partial charge in [-0.05, 0) is 75.0 Å². The molecule has 0 aliphatic heterocycles. The SMILES string of the molecule is Cc1ccc(NC(=O)COC(=O)c2cc(Br)c(Br)s2)cc1C. The highest BCUT2D eigenvalue weighted by Gasteiger charge is 2.15. The molecule has 0 aliphatic carbocycles. The van der Waals surface area contributed by atoms with E-state index < -0.39 is 5.97 Å². The van der Waals surface area contributed by atoms with Crippen LogP contribution in [0.4, 0.5) is 5.69 Å². The monoisotopic (exact) mass is 445 g/mol. The standard InChI is InChI=1S/C15H13Br2NO3S/c1-8-3-4-10(5-9(8)2)18-13(19)7-21-15(20)12-6-11(16)14(17)22-12/h3-6H,7H2,1-2H3,(H,18,19). The van der Waals surface area contributed by atoms with Crippen LogP contribution >= 0.6 is 43.2 Å². The van der Waals surface area contributed by atoms with Crippen molar-refractivity contribution in [2.45, 2.75) is 13.8 Å². The number of rotatable bonds is 4. The zero-order valence-corrected chi connectivity index (χ0v) is 15.9. The predicted molar refractivity (Wildman–Crippen MR) is 94.5 cm³/mol. The molecule has 0 aliphatic rings. The summed E-state index contributed by atoms with van der Waals surface area (Å²) in [6.07, 6.45) is 0. The number of amides is 1. The fourth-order valence-corrected chi connectivity index (χ4v) is 3.60. The van der Waals surface area contributed by atoms with Gasteiger partial charge in [0.2, 0.25) is 0 Å². The van der Waals surface area contributed by atoms with Gasteiger partial charge in [0.1, 0.15) is 4.88 Å². The number of esters is 1. The molecule has 1 aromatic heterocycles. The number of ether oxygens (including phenoxy) is 1. The lowest BCUT2D eigenvalue weighted by atomic mass is 10.1. The van der Waals surface area contributed by atoms with Crippen LogP contribution in [0.3, 0.4) is 0 Å². The fraction of sp³-hybridized carbons (Fsp3) is 0.200. The lowest BCUT2D eigenvalue weighted by Crippen LogP contribution is -2.20. The largest absolute Gasteiger partial charge is 0.451 e. The molecule has 0 spiro atoms. The predicted octanol–water partition coefficient (Wildman–Crippen LogP) is 4.69. The normalized spacial score (nSPS) is 10.4. The maximum absolute atomic E-state index is 11.8. The summed E-state index contributed by atoms with van der Waals surface area (Å²) < 4.78 is 6.59. The van der Waals surface area contributed by atoms with E-state index in [0.717, 1.165) is 19.4 Å². The van der Waals surface area contributed by atoms with Gasteiger partial charge in [-0.3, -0.25) is 4.79 Å². The Labute approximate surface area is 149 Å². The summed E-state index contributed by atoms with van der Waals surface area (Å²) in [7, 11) is 0. The second-order valence-corrected chi connectivity index (χ2v) is 7.88. The van der Waals surface area contributed by atoms with Gasteiger partial charge in [0.15, 0.2) is 6.61 Å². The first kappa shape index (κ1) is 17.2. The van der Waals surface area contributed by atoms with Crippen molar-refractivity contribution in [3.05, 3.63) is 48.5 Å². The van der Waals surface area contributed by atoms with Crippen LogP contribution in [0.2, 0.25) is 0 Å². The summed E-state index contributed by atoms with van der Waals surface area (Å²) in [5.41, 5.74) is 2.92. The van der Waals surface area contributed by atoms with E-state index >= 15 is 0 Å². The summed E-state index contributed by atoms with van der Waals surface area (Å²) in [5, 5.41) is 2.70. The van der Waals surface area contributed by atoms with Crippen molar-refractivity contribution in [1.82, 2.24) is 0 Å². The molecule has 0 fully saturated rings. The minimum absolute atomic E-state index is 0.321. The molecule has 0 bridgehead atoms. The molecule has 2 aromatic rings. The molecule has 116 valence electrons. The van der Waals surface area contributed by atoms with E-state index in [-0.39, 0.29) is 12.5 Å². The van der Waals surface area contributed by atoms with Crippen LogP contribution in [-0.4, -0.2) is 18.5 Å². The van der Waals surface area contributed by atoms with Crippen molar-refractivity contribution in [2.24, 2.45) is 0 Å². The van der Waals surface area contributed by atoms with E-state index in [1.165, 1.54) is 11.3 Å². The molecule has 1 aromatic carbocycles. The van der Waals surface area contributed by atoms with Gasteiger partial charge in [-0.1, -0.05) is 6.07 Å². The van der Waals surface area contributed by atoms with Crippen LogP contribution in [0.5, 0.6) is 0 Å². The van der Waals surface area contributed by atoms with Crippen molar-refractivity contribution in [3.8, 4) is 0 Å². The van der Waals surface area contributed by atoms with Crippen molar-refractivity contribution in [2.75, 3.05) is 11.9 Å². The second kappa shape index (κ2) is 7.39. The Bertz CT molecular complexity index is 708. The van der Waals surface area contributed by atoms with E-state index in [2.05, 4.69) is 37.2 Å². The first-order chi connectivity index (χ1) is 10.4. The Morgan fingerprint density at radius 1 is 1.18 bits per heavy atom. The molecular weight excluding hydrogens is 434 g/mol. The van der Waals surface area contributed by atoms with Crippen molar-refractivity contribution in [3.63, 3.8) is 0 Å². The van der Waals surface area contributed by atoms with E-state index in [9.17, 15) is 9.59 Å². The molecule has 2 rings (SSSR count). The summed E-state index contributed by atoms with van der Waals surface area (Å²) in [4.78, 5) is 24.1. The number of aryl methyl sites for hydroxylation is 2. The Morgan fingerprint density at radius 3 is 2.50 bits per heavy atom. The molecule has 22 heavy (non-hydrogen) atoms.